The number of allylic oxidation sites excluding steroid dienone is 1. The van der Waals surface area contributed by atoms with Crippen LogP contribution in [0.2, 0.25) is 0 Å². The van der Waals surface area contributed by atoms with Gasteiger partial charge in [-0.3, -0.25) is 14.2 Å². The van der Waals surface area contributed by atoms with Crippen LogP contribution in [0.1, 0.15) is 6.92 Å². The van der Waals surface area contributed by atoms with Crippen molar-refractivity contribution < 1.29 is 4.79 Å². The zero-order valence-electron chi connectivity index (χ0n) is 14.4. The van der Waals surface area contributed by atoms with Gasteiger partial charge in [0.2, 0.25) is 5.91 Å². The topological polar surface area (TPSA) is 64.0 Å². The van der Waals surface area contributed by atoms with Crippen LogP contribution in [0.25, 0.3) is 10.9 Å². The van der Waals surface area contributed by atoms with Crippen LogP contribution in [0.3, 0.4) is 0 Å². The van der Waals surface area contributed by atoms with E-state index in [0.29, 0.717) is 22.6 Å². The molecular weight excluding hydrogens is 346 g/mol. The molecular formula is C20H19N3O2S. The second kappa shape index (κ2) is 8.01. The van der Waals surface area contributed by atoms with E-state index in [9.17, 15) is 9.59 Å². The molecule has 3 rings (SSSR count). The van der Waals surface area contributed by atoms with E-state index in [1.54, 1.807) is 29.7 Å². The van der Waals surface area contributed by atoms with E-state index in [1.807, 2.05) is 42.5 Å². The van der Waals surface area contributed by atoms with Gasteiger partial charge in [0, 0.05) is 12.2 Å². The van der Waals surface area contributed by atoms with E-state index < -0.39 is 5.25 Å². The van der Waals surface area contributed by atoms with Crippen LogP contribution >= 0.6 is 11.8 Å². The first-order chi connectivity index (χ1) is 12.6. The number of carbonyl (C=O) groups excluding carboxylic acids is 1. The maximum atomic E-state index is 12.7. The zero-order chi connectivity index (χ0) is 18.5. The van der Waals surface area contributed by atoms with E-state index in [0.717, 1.165) is 5.69 Å². The molecule has 2 aromatic carbocycles. The Morgan fingerprint density at radius 2 is 1.92 bits per heavy atom. The number of benzene rings is 2. The van der Waals surface area contributed by atoms with Gasteiger partial charge in [0.1, 0.15) is 0 Å². The Bertz CT molecular complexity index is 999. The number of fused-ring (bicyclic) bond motifs is 1. The average Bonchev–Trinajstić information content (AvgIpc) is 2.65. The summed E-state index contributed by atoms with van der Waals surface area (Å²) in [5.41, 5.74) is 1.23. The molecule has 0 aliphatic heterocycles. The smallest absolute Gasteiger partial charge is 0.262 e. The molecule has 0 fully saturated rings. The maximum Gasteiger partial charge on any atom is 0.262 e. The summed E-state index contributed by atoms with van der Waals surface area (Å²) in [6, 6.07) is 16.5. The van der Waals surface area contributed by atoms with Crippen molar-refractivity contribution in [3.63, 3.8) is 0 Å². The van der Waals surface area contributed by atoms with Crippen molar-refractivity contribution >= 4 is 34.3 Å². The monoisotopic (exact) mass is 365 g/mol. The Balaban J connectivity index is 1.89. The molecule has 6 heteroatoms. The summed E-state index contributed by atoms with van der Waals surface area (Å²) in [5, 5.41) is 3.51. The minimum atomic E-state index is -0.417. The molecule has 0 saturated heterocycles. The van der Waals surface area contributed by atoms with Gasteiger partial charge in [-0.2, -0.15) is 0 Å². The van der Waals surface area contributed by atoms with E-state index >= 15 is 0 Å². The Hall–Kier alpha value is -2.86. The SMILES string of the molecule is C=CCn1c(SC(C)C(=O)Nc2ccccc2)nc2ccccc2c1=O. The van der Waals surface area contributed by atoms with Gasteiger partial charge < -0.3 is 5.32 Å². The lowest BCUT2D eigenvalue weighted by Gasteiger charge is -2.15. The second-order valence-electron chi connectivity index (χ2n) is 5.73. The fourth-order valence-corrected chi connectivity index (χ4v) is 3.42. The van der Waals surface area contributed by atoms with Crippen molar-refractivity contribution in [2.45, 2.75) is 23.9 Å². The molecule has 0 radical (unpaired) electrons. The minimum Gasteiger partial charge on any atom is -0.325 e. The molecule has 3 aromatic rings. The van der Waals surface area contributed by atoms with Gasteiger partial charge >= 0.3 is 0 Å². The highest BCUT2D eigenvalue weighted by Gasteiger charge is 2.19. The molecule has 1 heterocycles. The largest absolute Gasteiger partial charge is 0.325 e. The van der Waals surface area contributed by atoms with Gasteiger partial charge in [0.15, 0.2) is 5.16 Å². The number of amides is 1. The summed E-state index contributed by atoms with van der Waals surface area (Å²) in [5.74, 6) is -0.145. The number of hydrogen-bond donors (Lipinski definition) is 1. The lowest BCUT2D eigenvalue weighted by Crippen LogP contribution is -2.26. The molecule has 0 saturated carbocycles. The summed E-state index contributed by atoms with van der Waals surface area (Å²) in [7, 11) is 0. The average molecular weight is 365 g/mol. The molecule has 1 N–H and O–H groups in total. The molecule has 1 unspecified atom stereocenters. The van der Waals surface area contributed by atoms with Gasteiger partial charge in [-0.05, 0) is 31.2 Å². The standard InChI is InChI=1S/C20H19N3O2S/c1-3-13-23-19(25)16-11-7-8-12-17(16)22-20(23)26-14(2)18(24)21-15-9-5-4-6-10-15/h3-12,14H,1,13H2,2H3,(H,21,24). The first-order valence-corrected chi connectivity index (χ1v) is 9.11. The molecule has 1 aromatic heterocycles. The number of nitrogens with one attached hydrogen (secondary N) is 1. The van der Waals surface area contributed by atoms with E-state index in [2.05, 4.69) is 16.9 Å². The number of thioether (sulfide) groups is 1. The number of rotatable bonds is 6. The zero-order valence-corrected chi connectivity index (χ0v) is 15.2. The van der Waals surface area contributed by atoms with Gasteiger partial charge in [0.05, 0.1) is 16.2 Å². The Morgan fingerprint density at radius 3 is 2.65 bits per heavy atom. The third-order valence-corrected chi connectivity index (χ3v) is 4.92. The van der Waals surface area contributed by atoms with Crippen LogP contribution in [0.5, 0.6) is 0 Å². The third kappa shape index (κ3) is 3.86. The molecule has 0 spiro atoms. The maximum absolute atomic E-state index is 12.7. The van der Waals surface area contributed by atoms with Crippen molar-refractivity contribution in [3.8, 4) is 0 Å². The Morgan fingerprint density at radius 1 is 1.23 bits per heavy atom. The van der Waals surface area contributed by atoms with Gasteiger partial charge in [-0.25, -0.2) is 4.98 Å². The molecule has 5 nitrogen and oxygen atoms in total. The van der Waals surface area contributed by atoms with Crippen LogP contribution in [0.15, 0.2) is 77.2 Å². The fraction of sp³-hybridized carbons (Fsp3) is 0.150. The Kier molecular flexibility index (Phi) is 5.53. The van der Waals surface area contributed by atoms with Crippen molar-refractivity contribution in [2.24, 2.45) is 0 Å². The summed E-state index contributed by atoms with van der Waals surface area (Å²) in [4.78, 5) is 29.8. The highest BCUT2D eigenvalue weighted by molar-refractivity contribution is 8.00. The highest BCUT2D eigenvalue weighted by atomic mass is 32.2. The van der Waals surface area contributed by atoms with Crippen LogP contribution in [-0.2, 0) is 11.3 Å². The van der Waals surface area contributed by atoms with Crippen LogP contribution < -0.4 is 10.9 Å². The molecule has 0 aliphatic rings. The summed E-state index contributed by atoms with van der Waals surface area (Å²) in [6.07, 6.45) is 1.65. The van der Waals surface area contributed by atoms with Crippen molar-refractivity contribution in [3.05, 3.63) is 77.6 Å². The van der Waals surface area contributed by atoms with Crippen LogP contribution in [0, 0.1) is 0 Å². The first kappa shape index (κ1) is 17.9. The Labute approximate surface area is 155 Å². The molecule has 1 atom stereocenters. The number of carbonyl (C=O) groups is 1. The minimum absolute atomic E-state index is 0.131. The predicted molar refractivity (Wildman–Crippen MR) is 107 cm³/mol. The van der Waals surface area contributed by atoms with E-state index in [4.69, 9.17) is 0 Å². The molecule has 0 bridgehead atoms. The van der Waals surface area contributed by atoms with E-state index in [1.165, 1.54) is 11.8 Å². The number of para-hydroxylation sites is 2. The highest BCUT2D eigenvalue weighted by Crippen LogP contribution is 2.23. The third-order valence-electron chi connectivity index (χ3n) is 3.83. The number of nitrogens with zero attached hydrogens (tertiary/aromatic N) is 2. The first-order valence-electron chi connectivity index (χ1n) is 8.23. The van der Waals surface area contributed by atoms with Gasteiger partial charge in [-0.15, -0.1) is 6.58 Å². The van der Waals surface area contributed by atoms with Gasteiger partial charge in [-0.1, -0.05) is 48.2 Å². The number of aromatic nitrogens is 2. The van der Waals surface area contributed by atoms with Crippen LogP contribution in [0.4, 0.5) is 5.69 Å². The number of hydrogen-bond acceptors (Lipinski definition) is 4. The summed E-state index contributed by atoms with van der Waals surface area (Å²) < 4.78 is 1.55. The fourth-order valence-electron chi connectivity index (χ4n) is 2.50. The van der Waals surface area contributed by atoms with E-state index in [-0.39, 0.29) is 11.5 Å². The normalized spacial score (nSPS) is 11.9. The lowest BCUT2D eigenvalue weighted by molar-refractivity contribution is -0.115. The van der Waals surface area contributed by atoms with Crippen LogP contribution in [-0.4, -0.2) is 20.7 Å². The molecule has 0 aliphatic carbocycles. The molecule has 1 amide bonds. The summed E-state index contributed by atoms with van der Waals surface area (Å²) in [6.45, 7) is 5.85. The molecule has 26 heavy (non-hydrogen) atoms. The predicted octanol–water partition coefficient (Wildman–Crippen LogP) is 3.70. The summed E-state index contributed by atoms with van der Waals surface area (Å²) >= 11 is 1.26. The molecule has 132 valence electrons. The van der Waals surface area contributed by atoms with Crippen molar-refractivity contribution in [1.29, 1.82) is 0 Å². The van der Waals surface area contributed by atoms with Crippen molar-refractivity contribution in [1.82, 2.24) is 9.55 Å². The lowest BCUT2D eigenvalue weighted by atomic mass is 10.2. The second-order valence-corrected chi connectivity index (χ2v) is 7.04. The van der Waals surface area contributed by atoms with Gasteiger partial charge in [0.25, 0.3) is 5.56 Å². The number of anilines is 1. The quantitative estimate of drug-likeness (QED) is 0.411. The van der Waals surface area contributed by atoms with Crippen molar-refractivity contribution in [2.75, 3.05) is 5.32 Å².